The number of anilines is 1. The van der Waals surface area contributed by atoms with Gasteiger partial charge in [0.2, 0.25) is 5.91 Å². The van der Waals surface area contributed by atoms with Crippen LogP contribution in [-0.2, 0) is 11.3 Å². The molecule has 1 aliphatic heterocycles. The molecule has 1 saturated carbocycles. The maximum Gasteiger partial charge on any atom is 0.367 e. The molecule has 0 atom stereocenters. The van der Waals surface area contributed by atoms with Gasteiger partial charge in [0.1, 0.15) is 24.8 Å². The van der Waals surface area contributed by atoms with Crippen LogP contribution in [0.1, 0.15) is 32.1 Å². The zero-order valence-electron chi connectivity index (χ0n) is 17.0. The van der Waals surface area contributed by atoms with E-state index in [-0.39, 0.29) is 12.5 Å². The number of hydrogen-bond donors (Lipinski definition) is 1. The zero-order valence-corrected chi connectivity index (χ0v) is 17.8. The van der Waals surface area contributed by atoms with Gasteiger partial charge >= 0.3 is 5.69 Å². The summed E-state index contributed by atoms with van der Waals surface area (Å²) in [6.45, 7) is 0.765. The molecular formula is C21H23N5O4S. The van der Waals surface area contributed by atoms with Crippen LogP contribution in [0.2, 0.25) is 0 Å². The predicted octanol–water partition coefficient (Wildman–Crippen LogP) is 2.73. The van der Waals surface area contributed by atoms with E-state index in [0.29, 0.717) is 41.3 Å². The normalized spacial score (nSPS) is 16.4. The summed E-state index contributed by atoms with van der Waals surface area (Å²) in [6.07, 6.45) is 6.15. The van der Waals surface area contributed by atoms with Gasteiger partial charge in [-0.15, -0.1) is 16.9 Å². The maximum absolute atomic E-state index is 12.7. The second kappa shape index (κ2) is 8.62. The second-order valence-electron chi connectivity index (χ2n) is 7.67. The summed E-state index contributed by atoms with van der Waals surface area (Å²) < 4.78 is 13.4. The maximum atomic E-state index is 12.7. The summed E-state index contributed by atoms with van der Waals surface area (Å²) in [5.74, 6) is 0.869. The third-order valence-corrected chi connectivity index (χ3v) is 6.64. The standard InChI is InChI=1S/C21H23N5O4S/c27-19(22-14-6-7-16-17(12-14)30-11-10-29-16)13-25-21(28)26-18(23-25)8-9-20(24-26)31-15-4-2-1-3-5-15/h6-9,12,15H,1-5,10-11,13H2,(H,22,27). The zero-order chi connectivity index (χ0) is 21.2. The van der Waals surface area contributed by atoms with Gasteiger partial charge in [-0.1, -0.05) is 19.3 Å². The molecule has 31 heavy (non-hydrogen) atoms. The highest BCUT2D eigenvalue weighted by Gasteiger charge is 2.18. The lowest BCUT2D eigenvalue weighted by atomic mass is 10.0. The molecule has 2 aromatic heterocycles. The minimum absolute atomic E-state index is 0.207. The smallest absolute Gasteiger partial charge is 0.367 e. The minimum Gasteiger partial charge on any atom is -0.486 e. The molecule has 1 aliphatic carbocycles. The molecule has 1 amide bonds. The van der Waals surface area contributed by atoms with E-state index in [4.69, 9.17) is 9.47 Å². The molecule has 9 nitrogen and oxygen atoms in total. The Hall–Kier alpha value is -3.01. The van der Waals surface area contributed by atoms with Crippen LogP contribution in [0.3, 0.4) is 0 Å². The van der Waals surface area contributed by atoms with Crippen molar-refractivity contribution < 1.29 is 14.3 Å². The number of aromatic nitrogens is 4. The number of nitrogens with one attached hydrogen (secondary N) is 1. The summed E-state index contributed by atoms with van der Waals surface area (Å²) in [7, 11) is 0. The molecule has 0 saturated heterocycles. The van der Waals surface area contributed by atoms with Crippen LogP contribution in [0.5, 0.6) is 11.5 Å². The van der Waals surface area contributed by atoms with Crippen LogP contribution in [0.15, 0.2) is 40.2 Å². The van der Waals surface area contributed by atoms with Crippen molar-refractivity contribution in [1.82, 2.24) is 19.4 Å². The number of amides is 1. The highest BCUT2D eigenvalue weighted by atomic mass is 32.2. The average molecular weight is 442 g/mol. The van der Waals surface area contributed by atoms with Crippen molar-refractivity contribution in [3.63, 3.8) is 0 Å². The van der Waals surface area contributed by atoms with E-state index in [1.165, 1.54) is 36.6 Å². The molecule has 10 heteroatoms. The van der Waals surface area contributed by atoms with Crippen molar-refractivity contribution in [2.24, 2.45) is 0 Å². The number of fused-ring (bicyclic) bond motifs is 2. The van der Waals surface area contributed by atoms with E-state index < -0.39 is 5.69 Å². The first-order valence-electron chi connectivity index (χ1n) is 10.5. The molecule has 1 aromatic carbocycles. The molecule has 1 N–H and O–H groups in total. The van der Waals surface area contributed by atoms with Crippen molar-refractivity contribution in [2.75, 3.05) is 18.5 Å². The Morgan fingerprint density at radius 2 is 1.87 bits per heavy atom. The third kappa shape index (κ3) is 4.39. The van der Waals surface area contributed by atoms with Gasteiger partial charge in [0.25, 0.3) is 0 Å². The van der Waals surface area contributed by atoms with E-state index in [9.17, 15) is 9.59 Å². The SMILES string of the molecule is O=C(Cn1nc2ccc(SC3CCCCC3)nn2c1=O)Nc1ccc2c(c1)OCCO2. The van der Waals surface area contributed by atoms with E-state index >= 15 is 0 Å². The molecule has 162 valence electrons. The van der Waals surface area contributed by atoms with Gasteiger partial charge in [0.15, 0.2) is 17.1 Å². The molecule has 0 radical (unpaired) electrons. The van der Waals surface area contributed by atoms with Crippen molar-refractivity contribution in [1.29, 1.82) is 0 Å². The average Bonchev–Trinajstić information content (AvgIpc) is 3.09. The van der Waals surface area contributed by atoms with Crippen LogP contribution >= 0.6 is 11.8 Å². The van der Waals surface area contributed by atoms with Crippen LogP contribution in [-0.4, -0.2) is 43.8 Å². The summed E-state index contributed by atoms with van der Waals surface area (Å²) in [5, 5.41) is 12.8. The van der Waals surface area contributed by atoms with Gasteiger partial charge in [0, 0.05) is 17.0 Å². The lowest BCUT2D eigenvalue weighted by molar-refractivity contribution is -0.117. The van der Waals surface area contributed by atoms with Gasteiger partial charge < -0.3 is 14.8 Å². The first-order valence-corrected chi connectivity index (χ1v) is 11.4. The number of rotatable bonds is 5. The summed E-state index contributed by atoms with van der Waals surface area (Å²) in [5.41, 5.74) is 0.555. The van der Waals surface area contributed by atoms with Crippen LogP contribution < -0.4 is 20.5 Å². The van der Waals surface area contributed by atoms with Gasteiger partial charge in [0.05, 0.1) is 0 Å². The molecule has 0 spiro atoms. The lowest BCUT2D eigenvalue weighted by Crippen LogP contribution is -2.29. The molecule has 1 fully saturated rings. The number of nitrogens with zero attached hydrogens (tertiary/aromatic N) is 4. The van der Waals surface area contributed by atoms with Crippen LogP contribution in [0, 0.1) is 0 Å². The molecule has 5 rings (SSSR count). The van der Waals surface area contributed by atoms with Crippen molar-refractivity contribution in [3.05, 3.63) is 40.8 Å². The Bertz CT molecular complexity index is 1170. The second-order valence-corrected chi connectivity index (χ2v) is 8.99. The van der Waals surface area contributed by atoms with E-state index in [2.05, 4.69) is 15.5 Å². The summed E-state index contributed by atoms with van der Waals surface area (Å²) >= 11 is 1.71. The van der Waals surface area contributed by atoms with Crippen molar-refractivity contribution in [3.8, 4) is 11.5 Å². The highest BCUT2D eigenvalue weighted by Crippen LogP contribution is 2.33. The van der Waals surface area contributed by atoms with Gasteiger partial charge in [-0.25, -0.2) is 9.48 Å². The first kappa shape index (κ1) is 19.9. The van der Waals surface area contributed by atoms with Crippen LogP contribution in [0.25, 0.3) is 5.65 Å². The fourth-order valence-corrected chi connectivity index (χ4v) is 5.05. The largest absolute Gasteiger partial charge is 0.486 e. The van der Waals surface area contributed by atoms with E-state index in [1.54, 1.807) is 36.0 Å². The minimum atomic E-state index is -0.432. The number of hydrogen-bond acceptors (Lipinski definition) is 7. The Morgan fingerprint density at radius 1 is 1.06 bits per heavy atom. The van der Waals surface area contributed by atoms with Crippen molar-refractivity contribution in [2.45, 2.75) is 48.9 Å². The van der Waals surface area contributed by atoms with E-state index in [1.807, 2.05) is 6.07 Å². The highest BCUT2D eigenvalue weighted by molar-refractivity contribution is 7.99. The molecule has 0 unspecified atom stereocenters. The number of benzene rings is 1. The number of carbonyl (C=O) groups is 1. The molecular weight excluding hydrogens is 418 g/mol. The Balaban J connectivity index is 1.29. The molecule has 3 heterocycles. The number of thioether (sulfide) groups is 1. The third-order valence-electron chi connectivity index (χ3n) is 5.37. The lowest BCUT2D eigenvalue weighted by Gasteiger charge is -2.20. The molecule has 3 aromatic rings. The fraction of sp³-hybridized carbons (Fsp3) is 0.429. The Kier molecular flexibility index (Phi) is 5.54. The quantitative estimate of drug-likeness (QED) is 0.650. The topological polar surface area (TPSA) is 99.8 Å². The molecule has 0 bridgehead atoms. The van der Waals surface area contributed by atoms with Gasteiger partial charge in [-0.3, -0.25) is 4.79 Å². The first-order chi connectivity index (χ1) is 15.2. The summed E-state index contributed by atoms with van der Waals surface area (Å²) in [4.78, 5) is 25.2. The van der Waals surface area contributed by atoms with E-state index in [0.717, 1.165) is 9.71 Å². The number of ether oxygens (including phenoxy) is 2. The van der Waals surface area contributed by atoms with Crippen LogP contribution in [0.4, 0.5) is 5.69 Å². The van der Waals surface area contributed by atoms with Gasteiger partial charge in [-0.05, 0) is 37.1 Å². The number of carbonyl (C=O) groups excluding carboxylic acids is 1. The van der Waals surface area contributed by atoms with Gasteiger partial charge in [-0.2, -0.15) is 9.61 Å². The van der Waals surface area contributed by atoms with Crippen molar-refractivity contribution >= 4 is 29.0 Å². The Labute approximate surface area is 182 Å². The predicted molar refractivity (Wildman–Crippen MR) is 116 cm³/mol. The molecule has 2 aliphatic rings. The Morgan fingerprint density at radius 3 is 2.71 bits per heavy atom. The summed E-state index contributed by atoms with van der Waals surface area (Å²) in [6, 6.07) is 8.84. The fourth-order valence-electron chi connectivity index (χ4n) is 3.87. The monoisotopic (exact) mass is 441 g/mol.